The number of carbonyl (C=O) groups excluding carboxylic acids is 1. The lowest BCUT2D eigenvalue weighted by atomic mass is 10.1. The van der Waals surface area contributed by atoms with E-state index in [0.29, 0.717) is 13.0 Å². The number of nitrogens with two attached hydrogens (primary N) is 1. The normalized spacial score (nSPS) is 14.7. The number of rotatable bonds is 8. The SMILES string of the molecule is COC(CN)CC(=O)NC(C)CCCO. The molecular formula is C10H22N2O3. The van der Waals surface area contributed by atoms with Gasteiger partial charge in [0.25, 0.3) is 0 Å². The van der Waals surface area contributed by atoms with Crippen LogP contribution in [-0.2, 0) is 9.53 Å². The molecule has 0 radical (unpaired) electrons. The number of nitrogens with one attached hydrogen (secondary N) is 1. The lowest BCUT2D eigenvalue weighted by molar-refractivity contribution is -0.124. The summed E-state index contributed by atoms with van der Waals surface area (Å²) in [5.41, 5.74) is 5.40. The number of ether oxygens (including phenoxy) is 1. The van der Waals surface area contributed by atoms with Crippen LogP contribution in [0.4, 0.5) is 0 Å². The van der Waals surface area contributed by atoms with Gasteiger partial charge in [-0.25, -0.2) is 0 Å². The summed E-state index contributed by atoms with van der Waals surface area (Å²) in [6, 6.07) is 0.0833. The highest BCUT2D eigenvalue weighted by Crippen LogP contribution is 1.99. The smallest absolute Gasteiger partial charge is 0.222 e. The molecule has 0 aromatic rings. The number of aliphatic hydroxyl groups is 1. The molecule has 90 valence electrons. The van der Waals surface area contributed by atoms with Crippen molar-refractivity contribution in [1.29, 1.82) is 0 Å². The van der Waals surface area contributed by atoms with Gasteiger partial charge in [0.05, 0.1) is 12.5 Å². The van der Waals surface area contributed by atoms with Crippen molar-refractivity contribution in [3.05, 3.63) is 0 Å². The van der Waals surface area contributed by atoms with Crippen molar-refractivity contribution in [2.45, 2.75) is 38.3 Å². The van der Waals surface area contributed by atoms with Crippen LogP contribution in [0, 0.1) is 0 Å². The molecule has 4 N–H and O–H groups in total. The fourth-order valence-corrected chi connectivity index (χ4v) is 1.27. The van der Waals surface area contributed by atoms with Crippen LogP contribution in [-0.4, -0.2) is 43.4 Å². The maximum atomic E-state index is 11.4. The van der Waals surface area contributed by atoms with E-state index in [1.54, 1.807) is 7.11 Å². The van der Waals surface area contributed by atoms with Crippen molar-refractivity contribution in [2.24, 2.45) is 5.73 Å². The monoisotopic (exact) mass is 218 g/mol. The summed E-state index contributed by atoms with van der Waals surface area (Å²) in [5, 5.41) is 11.4. The molecule has 5 nitrogen and oxygen atoms in total. The topological polar surface area (TPSA) is 84.6 Å². The maximum Gasteiger partial charge on any atom is 0.222 e. The Morgan fingerprint density at radius 2 is 2.27 bits per heavy atom. The molecule has 0 spiro atoms. The molecule has 0 saturated carbocycles. The van der Waals surface area contributed by atoms with Gasteiger partial charge in [-0.1, -0.05) is 0 Å². The third-order valence-corrected chi connectivity index (χ3v) is 2.21. The molecule has 1 amide bonds. The third kappa shape index (κ3) is 7.30. The predicted molar refractivity (Wildman–Crippen MR) is 58.4 cm³/mol. The van der Waals surface area contributed by atoms with Gasteiger partial charge in [0.2, 0.25) is 5.91 Å². The van der Waals surface area contributed by atoms with Gasteiger partial charge in [0, 0.05) is 26.3 Å². The Labute approximate surface area is 91.0 Å². The van der Waals surface area contributed by atoms with E-state index in [4.69, 9.17) is 15.6 Å². The van der Waals surface area contributed by atoms with Gasteiger partial charge >= 0.3 is 0 Å². The first-order valence-electron chi connectivity index (χ1n) is 5.27. The lowest BCUT2D eigenvalue weighted by Crippen LogP contribution is -2.37. The Hall–Kier alpha value is -0.650. The zero-order valence-electron chi connectivity index (χ0n) is 9.53. The molecule has 0 heterocycles. The molecule has 2 unspecified atom stereocenters. The van der Waals surface area contributed by atoms with Gasteiger partial charge in [0.1, 0.15) is 0 Å². The van der Waals surface area contributed by atoms with Crippen LogP contribution in [0.2, 0.25) is 0 Å². The van der Waals surface area contributed by atoms with Crippen LogP contribution in [0.5, 0.6) is 0 Å². The minimum atomic E-state index is -0.213. The first-order chi connectivity index (χ1) is 7.13. The molecule has 0 aliphatic carbocycles. The van der Waals surface area contributed by atoms with Crippen LogP contribution in [0.1, 0.15) is 26.2 Å². The predicted octanol–water partition coefficient (Wildman–Crippen LogP) is -0.373. The van der Waals surface area contributed by atoms with Gasteiger partial charge in [-0.3, -0.25) is 4.79 Å². The average molecular weight is 218 g/mol. The highest BCUT2D eigenvalue weighted by Gasteiger charge is 2.13. The molecular weight excluding hydrogens is 196 g/mol. The Balaban J connectivity index is 3.71. The standard InChI is InChI=1S/C10H22N2O3/c1-8(4-3-5-13)12-10(14)6-9(7-11)15-2/h8-9,13H,3-7,11H2,1-2H3,(H,12,14). The van der Waals surface area contributed by atoms with E-state index >= 15 is 0 Å². The third-order valence-electron chi connectivity index (χ3n) is 2.21. The van der Waals surface area contributed by atoms with E-state index in [2.05, 4.69) is 5.32 Å². The number of hydrogen-bond donors (Lipinski definition) is 3. The van der Waals surface area contributed by atoms with E-state index in [1.807, 2.05) is 6.92 Å². The molecule has 0 aromatic heterocycles. The van der Waals surface area contributed by atoms with Crippen molar-refractivity contribution < 1.29 is 14.6 Å². The largest absolute Gasteiger partial charge is 0.396 e. The molecule has 0 aliphatic heterocycles. The number of amides is 1. The summed E-state index contributed by atoms with van der Waals surface area (Å²) in [7, 11) is 1.54. The first-order valence-corrected chi connectivity index (χ1v) is 5.27. The molecule has 0 saturated heterocycles. The van der Waals surface area contributed by atoms with Crippen LogP contribution in [0.25, 0.3) is 0 Å². The van der Waals surface area contributed by atoms with Crippen molar-refractivity contribution in [2.75, 3.05) is 20.3 Å². The minimum absolute atomic E-state index is 0.0576. The maximum absolute atomic E-state index is 11.4. The highest BCUT2D eigenvalue weighted by atomic mass is 16.5. The zero-order chi connectivity index (χ0) is 11.7. The van der Waals surface area contributed by atoms with Crippen molar-refractivity contribution in [1.82, 2.24) is 5.32 Å². The summed E-state index contributed by atoms with van der Waals surface area (Å²) in [6.45, 7) is 2.41. The van der Waals surface area contributed by atoms with Crippen LogP contribution < -0.4 is 11.1 Å². The van der Waals surface area contributed by atoms with Gasteiger partial charge in [-0.05, 0) is 19.8 Å². The van der Waals surface area contributed by atoms with Crippen LogP contribution in [0.3, 0.4) is 0 Å². The second kappa shape index (κ2) is 8.64. The van der Waals surface area contributed by atoms with Gasteiger partial charge in [-0.15, -0.1) is 0 Å². The summed E-state index contributed by atoms with van der Waals surface area (Å²) in [4.78, 5) is 11.4. The Kier molecular flexibility index (Phi) is 8.27. The van der Waals surface area contributed by atoms with Crippen molar-refractivity contribution in [3.63, 3.8) is 0 Å². The molecule has 2 atom stereocenters. The van der Waals surface area contributed by atoms with E-state index < -0.39 is 0 Å². The fraction of sp³-hybridized carbons (Fsp3) is 0.900. The Morgan fingerprint density at radius 3 is 2.73 bits per heavy atom. The molecule has 0 aromatic carbocycles. The molecule has 0 bridgehead atoms. The summed E-state index contributed by atoms with van der Waals surface area (Å²) in [6.07, 6.45) is 1.56. The quantitative estimate of drug-likeness (QED) is 0.519. The summed E-state index contributed by atoms with van der Waals surface area (Å²) >= 11 is 0. The van der Waals surface area contributed by atoms with E-state index in [0.717, 1.165) is 6.42 Å². The molecule has 0 aliphatic rings. The summed E-state index contributed by atoms with van der Waals surface area (Å²) < 4.78 is 5.01. The van der Waals surface area contributed by atoms with Crippen molar-refractivity contribution in [3.8, 4) is 0 Å². The summed E-state index contributed by atoms with van der Waals surface area (Å²) in [5.74, 6) is -0.0576. The first kappa shape index (κ1) is 14.3. The Bertz CT molecular complexity index is 172. The zero-order valence-corrected chi connectivity index (χ0v) is 9.53. The van der Waals surface area contributed by atoms with E-state index in [9.17, 15) is 4.79 Å². The second-order valence-corrected chi connectivity index (χ2v) is 3.63. The number of methoxy groups -OCH3 is 1. The highest BCUT2D eigenvalue weighted by molar-refractivity contribution is 5.76. The molecule has 15 heavy (non-hydrogen) atoms. The fourth-order valence-electron chi connectivity index (χ4n) is 1.27. The lowest BCUT2D eigenvalue weighted by Gasteiger charge is -2.16. The van der Waals surface area contributed by atoms with Gasteiger partial charge in [-0.2, -0.15) is 0 Å². The second-order valence-electron chi connectivity index (χ2n) is 3.63. The number of hydrogen-bond acceptors (Lipinski definition) is 4. The van der Waals surface area contributed by atoms with Gasteiger partial charge in [0.15, 0.2) is 0 Å². The van der Waals surface area contributed by atoms with E-state index in [1.165, 1.54) is 0 Å². The van der Waals surface area contributed by atoms with Crippen molar-refractivity contribution >= 4 is 5.91 Å². The molecule has 0 fully saturated rings. The number of carbonyl (C=O) groups is 1. The number of aliphatic hydroxyl groups excluding tert-OH is 1. The van der Waals surface area contributed by atoms with Gasteiger partial charge < -0.3 is 20.9 Å². The van der Waals surface area contributed by atoms with Crippen LogP contribution in [0.15, 0.2) is 0 Å². The molecule has 0 rings (SSSR count). The molecule has 5 heteroatoms. The van der Waals surface area contributed by atoms with E-state index in [-0.39, 0.29) is 31.1 Å². The minimum Gasteiger partial charge on any atom is -0.396 e. The Morgan fingerprint density at radius 1 is 1.60 bits per heavy atom. The van der Waals surface area contributed by atoms with Crippen LogP contribution >= 0.6 is 0 Å². The average Bonchev–Trinajstić information content (AvgIpc) is 2.22.